The summed E-state index contributed by atoms with van der Waals surface area (Å²) in [6, 6.07) is 6.84. The van der Waals surface area contributed by atoms with E-state index in [0.717, 1.165) is 7.11 Å². The minimum Gasteiger partial charge on any atom is -0.464 e. The smallest absolute Gasteiger partial charge is 0.357 e. The fourth-order valence-electron chi connectivity index (χ4n) is 1.98. The highest BCUT2D eigenvalue weighted by Crippen LogP contribution is 2.26. The molecular formula is C12H8N2O4S. The molecule has 0 N–H and O–H groups in total. The summed E-state index contributed by atoms with van der Waals surface area (Å²) in [4.78, 5) is 15.6. The number of methoxy groups -OCH3 is 1. The van der Waals surface area contributed by atoms with Crippen LogP contribution in [0.5, 0.6) is 0 Å². The lowest BCUT2D eigenvalue weighted by molar-refractivity contribution is -0.132. The van der Waals surface area contributed by atoms with Crippen molar-refractivity contribution < 1.29 is 17.9 Å². The fourth-order valence-corrected chi connectivity index (χ4v) is 3.28. The van der Waals surface area contributed by atoms with Gasteiger partial charge in [0.25, 0.3) is 10.0 Å². The number of esters is 1. The van der Waals surface area contributed by atoms with Crippen LogP contribution in [0.15, 0.2) is 45.4 Å². The molecule has 7 heteroatoms. The molecule has 19 heavy (non-hydrogen) atoms. The predicted octanol–water partition coefficient (Wildman–Crippen LogP) is -0.731. The summed E-state index contributed by atoms with van der Waals surface area (Å²) in [5.74, 6) is -0.804. The molecule has 3 rings (SSSR count). The van der Waals surface area contributed by atoms with Gasteiger partial charge in [0.15, 0.2) is 5.71 Å². The van der Waals surface area contributed by atoms with E-state index >= 15 is 0 Å². The topological polar surface area (TPSA) is 85.2 Å². The average Bonchev–Trinajstić information content (AvgIpc) is 2.75. The Morgan fingerprint density at radius 2 is 2.00 bits per heavy atom. The Hall–Kier alpha value is -2.28. The summed E-state index contributed by atoms with van der Waals surface area (Å²) in [7, 11) is -2.77. The Kier molecular flexibility index (Phi) is 2.39. The Labute approximate surface area is 108 Å². The van der Waals surface area contributed by atoms with Crippen molar-refractivity contribution in [2.24, 2.45) is 9.39 Å². The number of sulfonamides is 1. The van der Waals surface area contributed by atoms with Gasteiger partial charge in [-0.15, -0.1) is 0 Å². The molecule has 0 radical (unpaired) electrons. The molecule has 2 heterocycles. The standard InChI is InChI=1S/C12H8N2O4S/c1-18-12(15)10-6-9-11(19(16,17)14-10)7-4-2-3-5-8(7)13-9/h2-6H,1H3. The number of fused-ring (bicyclic) bond motifs is 2. The summed E-state index contributed by atoms with van der Waals surface area (Å²) >= 11 is 0. The number of para-hydroxylation sites is 1. The van der Waals surface area contributed by atoms with Gasteiger partial charge in [-0.3, -0.25) is 0 Å². The summed E-state index contributed by atoms with van der Waals surface area (Å²) < 4.78 is 32.2. The van der Waals surface area contributed by atoms with Crippen LogP contribution in [-0.4, -0.2) is 27.2 Å². The van der Waals surface area contributed by atoms with Crippen molar-refractivity contribution >= 4 is 26.6 Å². The number of carbonyl (C=O) groups is 1. The Bertz CT molecular complexity index is 879. The molecule has 0 saturated heterocycles. The number of hydrogen-bond acceptors (Lipinski definition) is 5. The molecule has 0 bridgehead atoms. The lowest BCUT2D eigenvalue weighted by Gasteiger charge is -2.09. The first kappa shape index (κ1) is 11.8. The molecule has 1 aromatic rings. The molecule has 96 valence electrons. The Morgan fingerprint density at radius 1 is 1.26 bits per heavy atom. The first-order chi connectivity index (χ1) is 9.03. The van der Waals surface area contributed by atoms with Crippen LogP contribution in [0.4, 0.5) is 0 Å². The van der Waals surface area contributed by atoms with Crippen LogP contribution in [0.2, 0.25) is 0 Å². The average molecular weight is 276 g/mol. The normalized spacial score (nSPS) is 18.7. The highest BCUT2D eigenvalue weighted by Gasteiger charge is 2.32. The third-order valence-electron chi connectivity index (χ3n) is 2.77. The first-order valence-corrected chi connectivity index (χ1v) is 6.80. The van der Waals surface area contributed by atoms with Crippen LogP contribution in [0, 0.1) is 0 Å². The van der Waals surface area contributed by atoms with E-state index in [2.05, 4.69) is 14.1 Å². The second-order valence-corrected chi connectivity index (χ2v) is 5.47. The van der Waals surface area contributed by atoms with E-state index in [9.17, 15) is 13.2 Å². The minimum absolute atomic E-state index is 0.0377. The third kappa shape index (κ3) is 1.70. The lowest BCUT2D eigenvalue weighted by Crippen LogP contribution is -2.26. The van der Waals surface area contributed by atoms with E-state index in [1.807, 2.05) is 0 Å². The van der Waals surface area contributed by atoms with Gasteiger partial charge in [-0.25, -0.2) is 9.79 Å². The monoisotopic (exact) mass is 276 g/mol. The Balaban J connectivity index is 2.35. The van der Waals surface area contributed by atoms with Gasteiger partial charge >= 0.3 is 5.97 Å². The third-order valence-corrected chi connectivity index (χ3v) is 4.15. The number of ether oxygens (including phenoxy) is 1. The summed E-state index contributed by atoms with van der Waals surface area (Å²) in [6.07, 6.45) is 1.32. The molecule has 0 aromatic heterocycles. The molecule has 0 atom stereocenters. The maximum absolute atomic E-state index is 12.1. The molecule has 2 aliphatic rings. The van der Waals surface area contributed by atoms with Crippen molar-refractivity contribution in [2.45, 2.75) is 0 Å². The molecular weight excluding hydrogens is 268 g/mol. The van der Waals surface area contributed by atoms with Crippen molar-refractivity contribution in [2.75, 3.05) is 7.11 Å². The van der Waals surface area contributed by atoms with E-state index in [4.69, 9.17) is 0 Å². The van der Waals surface area contributed by atoms with E-state index in [0.29, 0.717) is 10.6 Å². The Morgan fingerprint density at radius 3 is 2.74 bits per heavy atom. The number of carbonyl (C=O) groups excluding carboxylic acids is 1. The van der Waals surface area contributed by atoms with Gasteiger partial charge in [0, 0.05) is 5.22 Å². The van der Waals surface area contributed by atoms with Crippen molar-refractivity contribution in [1.82, 2.24) is 0 Å². The molecule has 0 unspecified atom stereocenters. The van der Waals surface area contributed by atoms with E-state index in [-0.39, 0.29) is 16.3 Å². The SMILES string of the molecule is COC(=O)C1=NS(=O)(=O)C2=c3ccccc3=NC2=C1. The number of benzene rings is 1. The first-order valence-electron chi connectivity index (χ1n) is 5.36. The summed E-state index contributed by atoms with van der Waals surface area (Å²) in [5, 5.41) is 1.05. The maximum Gasteiger partial charge on any atom is 0.357 e. The van der Waals surface area contributed by atoms with E-state index in [1.54, 1.807) is 24.3 Å². The van der Waals surface area contributed by atoms with Gasteiger partial charge in [-0.1, -0.05) is 18.2 Å². The molecule has 0 amide bonds. The second-order valence-electron chi connectivity index (χ2n) is 3.93. The lowest BCUT2D eigenvalue weighted by atomic mass is 10.2. The minimum atomic E-state index is -3.94. The van der Waals surface area contributed by atoms with Crippen molar-refractivity contribution in [3.63, 3.8) is 0 Å². The molecule has 0 fully saturated rings. The zero-order valence-electron chi connectivity index (χ0n) is 9.82. The maximum atomic E-state index is 12.1. The molecule has 2 aliphatic heterocycles. The number of rotatable bonds is 1. The van der Waals surface area contributed by atoms with Gasteiger partial charge in [0.1, 0.15) is 4.91 Å². The fraction of sp³-hybridized carbons (Fsp3) is 0.0833. The van der Waals surface area contributed by atoms with Gasteiger partial charge in [0.05, 0.1) is 18.2 Å². The van der Waals surface area contributed by atoms with Gasteiger partial charge in [-0.05, 0) is 12.1 Å². The molecule has 6 nitrogen and oxygen atoms in total. The number of nitrogens with zero attached hydrogens (tertiary/aromatic N) is 2. The van der Waals surface area contributed by atoms with Crippen LogP contribution >= 0.6 is 0 Å². The highest BCUT2D eigenvalue weighted by atomic mass is 32.2. The zero-order chi connectivity index (χ0) is 13.6. The van der Waals surface area contributed by atoms with Gasteiger partial charge in [-0.2, -0.15) is 12.8 Å². The second kappa shape index (κ2) is 3.86. The summed E-state index contributed by atoms with van der Waals surface area (Å²) in [6.45, 7) is 0. The van der Waals surface area contributed by atoms with Crippen LogP contribution in [0.1, 0.15) is 0 Å². The number of hydrogen-bond donors (Lipinski definition) is 0. The van der Waals surface area contributed by atoms with Crippen molar-refractivity contribution in [1.29, 1.82) is 0 Å². The summed E-state index contributed by atoms with van der Waals surface area (Å²) in [5.41, 5.74) is -0.0468. The van der Waals surface area contributed by atoms with Crippen molar-refractivity contribution in [3.05, 3.63) is 46.6 Å². The quantitative estimate of drug-likeness (QED) is 0.633. The molecule has 0 aliphatic carbocycles. The largest absolute Gasteiger partial charge is 0.464 e. The molecule has 1 aromatic carbocycles. The zero-order valence-corrected chi connectivity index (χ0v) is 10.6. The highest BCUT2D eigenvalue weighted by molar-refractivity contribution is 7.99. The van der Waals surface area contributed by atoms with Crippen LogP contribution < -0.4 is 10.6 Å². The van der Waals surface area contributed by atoms with Crippen LogP contribution in [-0.2, 0) is 19.6 Å². The van der Waals surface area contributed by atoms with Crippen molar-refractivity contribution in [3.8, 4) is 0 Å². The van der Waals surface area contributed by atoms with E-state index in [1.165, 1.54) is 6.08 Å². The predicted molar refractivity (Wildman–Crippen MR) is 67.1 cm³/mol. The molecule has 0 saturated carbocycles. The van der Waals surface area contributed by atoms with E-state index < -0.39 is 16.0 Å². The van der Waals surface area contributed by atoms with Gasteiger partial charge < -0.3 is 4.74 Å². The van der Waals surface area contributed by atoms with Crippen LogP contribution in [0.3, 0.4) is 0 Å². The molecule has 0 spiro atoms. The van der Waals surface area contributed by atoms with Gasteiger partial charge in [0.2, 0.25) is 0 Å². The van der Waals surface area contributed by atoms with Crippen LogP contribution in [0.25, 0.3) is 4.91 Å².